The van der Waals surface area contributed by atoms with E-state index in [2.05, 4.69) is 4.74 Å². The van der Waals surface area contributed by atoms with Gasteiger partial charge in [0.15, 0.2) is 0 Å². The Labute approximate surface area is 134 Å². The van der Waals surface area contributed by atoms with Crippen LogP contribution in [0.2, 0.25) is 0 Å². The first-order valence-corrected chi connectivity index (χ1v) is 4.82. The minimum absolute atomic E-state index is 0. The molecule has 1 saturated carbocycles. The predicted octanol–water partition coefficient (Wildman–Crippen LogP) is -2.57. The molecule has 0 aliphatic heterocycles. The molecule has 5 heteroatoms. The zero-order chi connectivity index (χ0) is 10.9. The van der Waals surface area contributed by atoms with Crippen LogP contribution in [0.5, 0.6) is 0 Å². The standard InChI is InChI=1S/C10H18O4.K.H/c1-10(2)5-6(11)4-7(12)8(10)9(13)14-3;;/h6-8,11-12H,4-5H2,1-3H3;;/q;+1;-1. The predicted molar refractivity (Wildman–Crippen MR) is 51.6 cm³/mol. The van der Waals surface area contributed by atoms with Gasteiger partial charge in [0.25, 0.3) is 0 Å². The van der Waals surface area contributed by atoms with Crippen LogP contribution in [0.1, 0.15) is 28.1 Å². The third-order valence-corrected chi connectivity index (χ3v) is 2.96. The maximum Gasteiger partial charge on any atom is 1.00 e. The summed E-state index contributed by atoms with van der Waals surface area (Å²) in [7, 11) is 1.32. The Morgan fingerprint density at radius 3 is 2.40 bits per heavy atom. The summed E-state index contributed by atoms with van der Waals surface area (Å²) in [5.41, 5.74) is -0.413. The van der Waals surface area contributed by atoms with Crippen LogP contribution < -0.4 is 51.4 Å². The van der Waals surface area contributed by atoms with Gasteiger partial charge in [-0.1, -0.05) is 13.8 Å². The van der Waals surface area contributed by atoms with E-state index in [1.165, 1.54) is 7.11 Å². The largest absolute Gasteiger partial charge is 1.00 e. The van der Waals surface area contributed by atoms with Gasteiger partial charge in [-0.15, -0.1) is 0 Å². The van der Waals surface area contributed by atoms with Gasteiger partial charge < -0.3 is 16.4 Å². The van der Waals surface area contributed by atoms with Gasteiger partial charge in [-0.05, 0) is 11.8 Å². The maximum atomic E-state index is 11.4. The topological polar surface area (TPSA) is 66.8 Å². The molecule has 0 aromatic heterocycles. The van der Waals surface area contributed by atoms with Crippen LogP contribution in [-0.2, 0) is 9.53 Å². The van der Waals surface area contributed by atoms with E-state index in [9.17, 15) is 15.0 Å². The zero-order valence-corrected chi connectivity index (χ0v) is 13.0. The molecular formula is C10H19KO4. The Kier molecular flexibility index (Phi) is 6.51. The number of carbonyl (C=O) groups is 1. The molecule has 0 spiro atoms. The molecule has 0 bridgehead atoms. The molecule has 0 heterocycles. The van der Waals surface area contributed by atoms with Crippen LogP contribution >= 0.6 is 0 Å². The van der Waals surface area contributed by atoms with Crippen LogP contribution in [0.15, 0.2) is 0 Å². The molecule has 1 rings (SSSR count). The first kappa shape index (κ1) is 16.0. The van der Waals surface area contributed by atoms with Gasteiger partial charge in [-0.25, -0.2) is 0 Å². The zero-order valence-electron chi connectivity index (χ0n) is 10.9. The molecule has 0 aromatic rings. The molecule has 15 heavy (non-hydrogen) atoms. The number of hydrogen-bond donors (Lipinski definition) is 2. The van der Waals surface area contributed by atoms with Crippen molar-refractivity contribution in [2.45, 2.75) is 38.9 Å². The summed E-state index contributed by atoms with van der Waals surface area (Å²) < 4.78 is 4.65. The number of ether oxygens (including phenoxy) is 1. The number of aliphatic hydroxyl groups excluding tert-OH is 2. The number of rotatable bonds is 1. The fraction of sp³-hybridized carbons (Fsp3) is 0.900. The van der Waals surface area contributed by atoms with Crippen molar-refractivity contribution in [2.24, 2.45) is 11.3 Å². The van der Waals surface area contributed by atoms with E-state index in [0.29, 0.717) is 6.42 Å². The quantitative estimate of drug-likeness (QED) is 0.392. The molecule has 0 amide bonds. The molecule has 3 unspecified atom stereocenters. The molecule has 2 N–H and O–H groups in total. The Hall–Kier alpha value is 1.03. The van der Waals surface area contributed by atoms with Crippen molar-refractivity contribution in [1.29, 1.82) is 0 Å². The summed E-state index contributed by atoms with van der Waals surface area (Å²) in [6.45, 7) is 3.72. The van der Waals surface area contributed by atoms with Gasteiger partial charge >= 0.3 is 57.4 Å². The van der Waals surface area contributed by atoms with E-state index in [1.54, 1.807) is 0 Å². The van der Waals surface area contributed by atoms with E-state index in [-0.39, 0.29) is 59.2 Å². The summed E-state index contributed by atoms with van der Waals surface area (Å²) in [6, 6.07) is 0. The molecule has 1 aliphatic rings. The van der Waals surface area contributed by atoms with Crippen molar-refractivity contribution in [3.8, 4) is 0 Å². The third kappa shape index (κ3) is 3.76. The molecule has 4 nitrogen and oxygen atoms in total. The van der Waals surface area contributed by atoms with Crippen LogP contribution in [-0.4, -0.2) is 35.5 Å². The second kappa shape index (κ2) is 6.09. The summed E-state index contributed by atoms with van der Waals surface area (Å²) in [4.78, 5) is 11.4. The van der Waals surface area contributed by atoms with Crippen LogP contribution in [0.4, 0.5) is 0 Å². The fourth-order valence-electron chi connectivity index (χ4n) is 2.36. The van der Waals surface area contributed by atoms with Crippen molar-refractivity contribution in [1.82, 2.24) is 0 Å². The van der Waals surface area contributed by atoms with Crippen LogP contribution in [0.25, 0.3) is 0 Å². The number of esters is 1. The normalized spacial score (nSPS) is 34.1. The summed E-state index contributed by atoms with van der Waals surface area (Å²) in [5, 5.41) is 19.2. The van der Waals surface area contributed by atoms with Gasteiger partial charge in [0.05, 0.1) is 25.2 Å². The fourth-order valence-corrected chi connectivity index (χ4v) is 2.36. The minimum atomic E-state index is -0.804. The van der Waals surface area contributed by atoms with E-state index < -0.39 is 29.5 Å². The molecule has 1 aliphatic carbocycles. The van der Waals surface area contributed by atoms with Crippen molar-refractivity contribution in [3.63, 3.8) is 0 Å². The SMILES string of the molecule is COC(=O)C1C(O)CC(O)CC1(C)C.[H-].[K+]. The first-order chi connectivity index (χ1) is 6.38. The minimum Gasteiger partial charge on any atom is -1.00 e. The maximum absolute atomic E-state index is 11.4. The molecule has 1 fully saturated rings. The molecular weight excluding hydrogens is 223 g/mol. The molecule has 84 valence electrons. The Morgan fingerprint density at radius 2 is 2.00 bits per heavy atom. The summed E-state index contributed by atoms with van der Waals surface area (Å²) in [5.74, 6) is -0.926. The van der Waals surface area contributed by atoms with Crippen LogP contribution in [0.3, 0.4) is 0 Å². The van der Waals surface area contributed by atoms with E-state index >= 15 is 0 Å². The molecule has 0 saturated heterocycles. The number of aliphatic hydroxyl groups is 2. The number of carbonyl (C=O) groups excluding carboxylic acids is 1. The Bertz CT molecular complexity index is 235. The van der Waals surface area contributed by atoms with Gasteiger partial charge in [-0.3, -0.25) is 4.79 Å². The van der Waals surface area contributed by atoms with Crippen molar-refractivity contribution in [2.75, 3.05) is 7.11 Å². The Morgan fingerprint density at radius 1 is 1.47 bits per heavy atom. The first-order valence-electron chi connectivity index (χ1n) is 4.82. The number of hydrogen-bond acceptors (Lipinski definition) is 4. The van der Waals surface area contributed by atoms with Gasteiger partial charge in [-0.2, -0.15) is 0 Å². The van der Waals surface area contributed by atoms with Crippen LogP contribution in [0, 0.1) is 11.3 Å². The second-order valence-electron chi connectivity index (χ2n) is 4.65. The molecule has 0 aromatic carbocycles. The van der Waals surface area contributed by atoms with Crippen molar-refractivity contribution >= 4 is 5.97 Å². The Balaban J connectivity index is 0. The molecule has 0 radical (unpaired) electrons. The third-order valence-electron chi connectivity index (χ3n) is 2.96. The summed E-state index contributed by atoms with van der Waals surface area (Å²) >= 11 is 0. The van der Waals surface area contributed by atoms with Crippen molar-refractivity contribution in [3.05, 3.63) is 0 Å². The van der Waals surface area contributed by atoms with E-state index in [1.807, 2.05) is 13.8 Å². The van der Waals surface area contributed by atoms with E-state index in [0.717, 1.165) is 0 Å². The number of methoxy groups -OCH3 is 1. The van der Waals surface area contributed by atoms with Crippen molar-refractivity contribution < 1.29 is 72.6 Å². The summed E-state index contributed by atoms with van der Waals surface area (Å²) in [6.07, 6.45) is -0.561. The van der Waals surface area contributed by atoms with Gasteiger partial charge in [0, 0.05) is 6.42 Å². The smallest absolute Gasteiger partial charge is 1.00 e. The van der Waals surface area contributed by atoms with Gasteiger partial charge in [0.2, 0.25) is 0 Å². The average Bonchev–Trinajstić information content (AvgIpc) is 1.99. The average molecular weight is 242 g/mol. The monoisotopic (exact) mass is 242 g/mol. The van der Waals surface area contributed by atoms with E-state index in [4.69, 9.17) is 0 Å². The molecule has 3 atom stereocenters. The second-order valence-corrected chi connectivity index (χ2v) is 4.65. The van der Waals surface area contributed by atoms with Gasteiger partial charge in [0.1, 0.15) is 0 Å².